The predicted molar refractivity (Wildman–Crippen MR) is 104 cm³/mol. The van der Waals surface area contributed by atoms with E-state index in [4.69, 9.17) is 0 Å². The van der Waals surface area contributed by atoms with Gasteiger partial charge in [-0.2, -0.15) is 0 Å². The largest absolute Gasteiger partial charge is 0.369 e. The zero-order chi connectivity index (χ0) is 17.1. The molecule has 0 bridgehead atoms. The maximum atomic E-state index is 4.41. The van der Waals surface area contributed by atoms with Crippen LogP contribution in [0.25, 0.3) is 0 Å². The predicted octanol–water partition coefficient (Wildman–Crippen LogP) is 2.77. The molecule has 1 aliphatic heterocycles. The molecule has 4 rings (SSSR count). The number of nitrogens with one attached hydrogen (secondary N) is 2. The first-order valence-electron chi connectivity index (χ1n) is 9.18. The smallest absolute Gasteiger partial charge is 0.191 e. The Balaban J connectivity index is 1.27. The molecule has 25 heavy (non-hydrogen) atoms. The minimum absolute atomic E-state index is 0.445. The van der Waals surface area contributed by atoms with Crippen molar-refractivity contribution in [2.24, 2.45) is 4.99 Å². The summed E-state index contributed by atoms with van der Waals surface area (Å²) in [7, 11) is 1.86. The fourth-order valence-electron chi connectivity index (χ4n) is 3.90. The first-order valence-corrected chi connectivity index (χ1v) is 9.18. The van der Waals surface area contributed by atoms with Crippen molar-refractivity contribution in [3.63, 3.8) is 0 Å². The number of aliphatic imine (C=N–C) groups is 1. The number of hydrogen-bond acceptors (Lipinski definition) is 2. The van der Waals surface area contributed by atoms with Crippen LogP contribution in [0.1, 0.15) is 23.5 Å². The fourth-order valence-corrected chi connectivity index (χ4v) is 3.90. The molecule has 1 fully saturated rings. The SMILES string of the molecule is CN=C(NCC1Cc2ccccc21)NC1CCN(c2ccccc2)C1. The van der Waals surface area contributed by atoms with E-state index in [1.807, 2.05) is 7.05 Å². The number of hydrogen-bond donors (Lipinski definition) is 2. The third-order valence-electron chi connectivity index (χ3n) is 5.35. The molecule has 2 aliphatic rings. The zero-order valence-corrected chi connectivity index (χ0v) is 14.8. The number of fused-ring (bicyclic) bond motifs is 1. The second-order valence-electron chi connectivity index (χ2n) is 6.96. The van der Waals surface area contributed by atoms with Gasteiger partial charge in [-0.15, -0.1) is 0 Å². The Morgan fingerprint density at radius 3 is 2.72 bits per heavy atom. The highest BCUT2D eigenvalue weighted by molar-refractivity contribution is 5.80. The average molecular weight is 334 g/mol. The Kier molecular flexibility index (Phi) is 4.59. The van der Waals surface area contributed by atoms with Crippen LogP contribution in [0.15, 0.2) is 59.6 Å². The minimum atomic E-state index is 0.445. The summed E-state index contributed by atoms with van der Waals surface area (Å²) in [5.74, 6) is 1.53. The molecule has 2 N–H and O–H groups in total. The minimum Gasteiger partial charge on any atom is -0.369 e. The summed E-state index contributed by atoms with van der Waals surface area (Å²) in [5.41, 5.74) is 4.29. The van der Waals surface area contributed by atoms with Crippen LogP contribution in [0.3, 0.4) is 0 Å². The molecule has 1 heterocycles. The third kappa shape index (κ3) is 3.48. The molecule has 4 heteroatoms. The van der Waals surface area contributed by atoms with Crippen molar-refractivity contribution in [1.82, 2.24) is 10.6 Å². The van der Waals surface area contributed by atoms with Gasteiger partial charge in [0.1, 0.15) is 0 Å². The van der Waals surface area contributed by atoms with Crippen molar-refractivity contribution < 1.29 is 0 Å². The highest BCUT2D eigenvalue weighted by atomic mass is 15.2. The van der Waals surface area contributed by atoms with E-state index in [0.717, 1.165) is 32.0 Å². The summed E-state index contributed by atoms with van der Waals surface area (Å²) in [6.45, 7) is 3.07. The number of para-hydroxylation sites is 1. The number of benzene rings is 2. The Morgan fingerprint density at radius 2 is 1.92 bits per heavy atom. The van der Waals surface area contributed by atoms with Gasteiger partial charge in [0.15, 0.2) is 5.96 Å². The second kappa shape index (κ2) is 7.18. The van der Waals surface area contributed by atoms with Gasteiger partial charge in [0.25, 0.3) is 0 Å². The van der Waals surface area contributed by atoms with Gasteiger partial charge in [-0.05, 0) is 36.1 Å². The van der Waals surface area contributed by atoms with Crippen molar-refractivity contribution in [2.75, 3.05) is 31.6 Å². The van der Waals surface area contributed by atoms with Gasteiger partial charge in [0, 0.05) is 44.3 Å². The second-order valence-corrected chi connectivity index (χ2v) is 6.96. The summed E-state index contributed by atoms with van der Waals surface area (Å²) < 4.78 is 0. The third-order valence-corrected chi connectivity index (χ3v) is 5.35. The molecule has 0 spiro atoms. The molecular formula is C21H26N4. The summed E-state index contributed by atoms with van der Waals surface area (Å²) >= 11 is 0. The number of guanidine groups is 1. The molecule has 130 valence electrons. The Labute approximate surface area is 150 Å². The van der Waals surface area contributed by atoms with Crippen LogP contribution in [0.5, 0.6) is 0 Å². The van der Waals surface area contributed by atoms with E-state index in [-0.39, 0.29) is 0 Å². The highest BCUT2D eigenvalue weighted by Crippen LogP contribution is 2.33. The maximum absolute atomic E-state index is 4.41. The molecule has 1 aliphatic carbocycles. The van der Waals surface area contributed by atoms with Crippen LogP contribution >= 0.6 is 0 Å². The normalized spacial score (nSPS) is 22.3. The van der Waals surface area contributed by atoms with E-state index in [9.17, 15) is 0 Å². The molecule has 0 radical (unpaired) electrons. The first-order chi connectivity index (χ1) is 12.3. The van der Waals surface area contributed by atoms with Gasteiger partial charge in [0.2, 0.25) is 0 Å². The standard InChI is InChI=1S/C21H26N4/c1-22-21(23-14-17-13-16-7-5-6-10-20(16)17)24-18-11-12-25(15-18)19-8-3-2-4-9-19/h2-10,17-18H,11-15H2,1H3,(H2,22,23,24). The van der Waals surface area contributed by atoms with Crippen LogP contribution in [0, 0.1) is 0 Å². The molecule has 2 unspecified atom stereocenters. The van der Waals surface area contributed by atoms with Gasteiger partial charge in [0.05, 0.1) is 0 Å². The molecule has 0 saturated carbocycles. The van der Waals surface area contributed by atoms with Gasteiger partial charge < -0.3 is 15.5 Å². The Hall–Kier alpha value is -2.49. The summed E-state index contributed by atoms with van der Waals surface area (Å²) in [6, 6.07) is 19.8. The molecule has 4 nitrogen and oxygen atoms in total. The quantitative estimate of drug-likeness (QED) is 0.667. The van der Waals surface area contributed by atoms with E-state index < -0.39 is 0 Å². The van der Waals surface area contributed by atoms with Crippen molar-refractivity contribution in [2.45, 2.75) is 24.8 Å². The average Bonchev–Trinajstić information content (AvgIpc) is 3.11. The topological polar surface area (TPSA) is 39.7 Å². The summed E-state index contributed by atoms with van der Waals surface area (Å²) in [4.78, 5) is 6.85. The number of nitrogens with zero attached hydrogens (tertiary/aromatic N) is 2. The van der Waals surface area contributed by atoms with E-state index in [1.165, 1.54) is 23.2 Å². The van der Waals surface area contributed by atoms with E-state index in [1.54, 1.807) is 0 Å². The lowest BCUT2D eigenvalue weighted by atomic mass is 9.78. The van der Waals surface area contributed by atoms with Gasteiger partial charge in [-0.3, -0.25) is 4.99 Å². The van der Waals surface area contributed by atoms with Crippen molar-refractivity contribution in [1.29, 1.82) is 0 Å². The monoisotopic (exact) mass is 334 g/mol. The maximum Gasteiger partial charge on any atom is 0.191 e. The lowest BCUT2D eigenvalue weighted by Crippen LogP contribution is -2.46. The number of anilines is 1. The van der Waals surface area contributed by atoms with E-state index in [0.29, 0.717) is 12.0 Å². The van der Waals surface area contributed by atoms with Crippen LogP contribution in [-0.2, 0) is 6.42 Å². The summed E-state index contributed by atoms with van der Waals surface area (Å²) in [5, 5.41) is 7.10. The lowest BCUT2D eigenvalue weighted by Gasteiger charge is -2.31. The molecule has 1 saturated heterocycles. The van der Waals surface area contributed by atoms with Crippen LogP contribution in [-0.4, -0.2) is 38.7 Å². The van der Waals surface area contributed by atoms with E-state index in [2.05, 4.69) is 75.1 Å². The molecule has 2 atom stereocenters. The van der Waals surface area contributed by atoms with Gasteiger partial charge >= 0.3 is 0 Å². The molecular weight excluding hydrogens is 308 g/mol. The fraction of sp³-hybridized carbons (Fsp3) is 0.381. The molecule has 0 aromatic heterocycles. The van der Waals surface area contributed by atoms with Crippen molar-refractivity contribution in [3.05, 3.63) is 65.7 Å². The van der Waals surface area contributed by atoms with Crippen molar-refractivity contribution >= 4 is 11.6 Å². The number of rotatable bonds is 4. The Bertz CT molecular complexity index is 741. The van der Waals surface area contributed by atoms with Gasteiger partial charge in [-0.1, -0.05) is 42.5 Å². The van der Waals surface area contributed by atoms with Crippen LogP contribution < -0.4 is 15.5 Å². The summed E-state index contributed by atoms with van der Waals surface area (Å²) in [6.07, 6.45) is 2.31. The molecule has 0 amide bonds. The highest BCUT2D eigenvalue weighted by Gasteiger charge is 2.26. The Morgan fingerprint density at radius 1 is 1.12 bits per heavy atom. The van der Waals surface area contributed by atoms with Crippen LogP contribution in [0.2, 0.25) is 0 Å². The molecule has 2 aromatic rings. The van der Waals surface area contributed by atoms with Gasteiger partial charge in [-0.25, -0.2) is 0 Å². The van der Waals surface area contributed by atoms with Crippen LogP contribution in [0.4, 0.5) is 5.69 Å². The molecule has 2 aromatic carbocycles. The lowest BCUT2D eigenvalue weighted by molar-refractivity contribution is 0.574. The van der Waals surface area contributed by atoms with Crippen molar-refractivity contribution in [3.8, 4) is 0 Å². The first kappa shape index (κ1) is 16.0. The zero-order valence-electron chi connectivity index (χ0n) is 14.8. The van der Waals surface area contributed by atoms with E-state index >= 15 is 0 Å².